The molecule has 1 amide bonds. The summed E-state index contributed by atoms with van der Waals surface area (Å²) >= 11 is 0. The van der Waals surface area contributed by atoms with Gasteiger partial charge in [0.15, 0.2) is 0 Å². The summed E-state index contributed by atoms with van der Waals surface area (Å²) in [7, 11) is -2.20. The molecule has 4 rings (SSSR count). The fourth-order valence-electron chi connectivity index (χ4n) is 3.14. The highest BCUT2D eigenvalue weighted by molar-refractivity contribution is 7.92. The Labute approximate surface area is 197 Å². The molecular formula is C25H22N4O4S. The molecule has 3 N–H and O–H groups in total. The highest BCUT2D eigenvalue weighted by atomic mass is 32.2. The molecule has 0 spiro atoms. The number of H-pyrrole nitrogens is 1. The van der Waals surface area contributed by atoms with Crippen LogP contribution in [0.25, 0.3) is 17.3 Å². The molecule has 8 nitrogen and oxygen atoms in total. The van der Waals surface area contributed by atoms with Gasteiger partial charge < -0.3 is 10.1 Å². The van der Waals surface area contributed by atoms with Crippen LogP contribution in [0.3, 0.4) is 0 Å². The molecule has 0 aliphatic rings. The van der Waals surface area contributed by atoms with Crippen molar-refractivity contribution in [3.8, 4) is 17.0 Å². The monoisotopic (exact) mass is 474 g/mol. The van der Waals surface area contributed by atoms with Gasteiger partial charge in [-0.3, -0.25) is 14.6 Å². The average Bonchev–Trinajstić information content (AvgIpc) is 3.39. The molecule has 0 fully saturated rings. The van der Waals surface area contributed by atoms with Gasteiger partial charge in [-0.15, -0.1) is 0 Å². The molecule has 1 aromatic heterocycles. The van der Waals surface area contributed by atoms with Gasteiger partial charge in [0.25, 0.3) is 10.0 Å². The molecular weight excluding hydrogens is 452 g/mol. The van der Waals surface area contributed by atoms with Gasteiger partial charge in [0.2, 0.25) is 5.91 Å². The second-order valence-electron chi connectivity index (χ2n) is 7.27. The maximum Gasteiger partial charge on any atom is 0.261 e. The molecule has 4 aromatic rings. The Balaban J connectivity index is 1.35. The number of methoxy groups -OCH3 is 1. The molecule has 0 unspecified atom stereocenters. The number of benzene rings is 3. The number of hydrogen-bond donors (Lipinski definition) is 3. The Kier molecular flexibility index (Phi) is 6.74. The standard InChI is InChI=1S/C25H22N4O4S/c1-33-22-11-9-21(10-12-22)29-34(31,32)23-13-2-18(3-14-23)4-15-25(30)27-20-7-5-19(6-8-20)24-16-17-26-28-24/h2-17,29H,1H3,(H,26,28)(H,27,30)/b15-4+. The first-order chi connectivity index (χ1) is 16.4. The quantitative estimate of drug-likeness (QED) is 0.325. The fraction of sp³-hybridized carbons (Fsp3) is 0.0400. The third-order valence-corrected chi connectivity index (χ3v) is 6.32. The predicted molar refractivity (Wildman–Crippen MR) is 132 cm³/mol. The molecule has 0 aliphatic heterocycles. The molecule has 172 valence electrons. The van der Waals surface area contributed by atoms with Crippen LogP contribution in [-0.4, -0.2) is 31.6 Å². The molecule has 0 saturated carbocycles. The lowest BCUT2D eigenvalue weighted by Crippen LogP contribution is -2.12. The lowest BCUT2D eigenvalue weighted by atomic mass is 10.1. The van der Waals surface area contributed by atoms with E-state index in [1.54, 1.807) is 67.9 Å². The van der Waals surface area contributed by atoms with Crippen molar-refractivity contribution in [2.24, 2.45) is 0 Å². The summed E-state index contributed by atoms with van der Waals surface area (Å²) in [5, 5.41) is 9.60. The number of nitrogens with one attached hydrogen (secondary N) is 3. The Morgan fingerprint density at radius 1 is 0.912 bits per heavy atom. The molecule has 0 aliphatic carbocycles. The number of anilines is 2. The van der Waals surface area contributed by atoms with Crippen molar-refractivity contribution in [1.82, 2.24) is 10.2 Å². The third kappa shape index (κ3) is 5.70. The van der Waals surface area contributed by atoms with E-state index in [1.165, 1.54) is 18.2 Å². The van der Waals surface area contributed by atoms with Crippen molar-refractivity contribution in [1.29, 1.82) is 0 Å². The summed E-state index contributed by atoms with van der Waals surface area (Å²) in [4.78, 5) is 12.4. The second kappa shape index (κ2) is 10.1. The van der Waals surface area contributed by atoms with Gasteiger partial charge in [0, 0.05) is 23.6 Å². The van der Waals surface area contributed by atoms with Crippen LogP contribution in [0.5, 0.6) is 5.75 Å². The van der Waals surface area contributed by atoms with Crippen molar-refractivity contribution < 1.29 is 17.9 Å². The van der Waals surface area contributed by atoms with E-state index >= 15 is 0 Å². The zero-order chi connectivity index (χ0) is 24.0. The van der Waals surface area contributed by atoms with E-state index in [1.807, 2.05) is 18.2 Å². The van der Waals surface area contributed by atoms with Gasteiger partial charge in [0.05, 0.1) is 17.7 Å². The summed E-state index contributed by atoms with van der Waals surface area (Å²) < 4.78 is 32.8. The highest BCUT2D eigenvalue weighted by Crippen LogP contribution is 2.21. The zero-order valence-electron chi connectivity index (χ0n) is 18.2. The first-order valence-corrected chi connectivity index (χ1v) is 11.8. The van der Waals surface area contributed by atoms with E-state index in [4.69, 9.17) is 4.74 Å². The first-order valence-electron chi connectivity index (χ1n) is 10.3. The van der Waals surface area contributed by atoms with Crippen molar-refractivity contribution in [2.75, 3.05) is 17.1 Å². The molecule has 3 aromatic carbocycles. The fourth-order valence-corrected chi connectivity index (χ4v) is 4.20. The molecule has 1 heterocycles. The molecule has 34 heavy (non-hydrogen) atoms. The number of ether oxygens (including phenoxy) is 1. The largest absolute Gasteiger partial charge is 0.497 e. The van der Waals surface area contributed by atoms with Gasteiger partial charge in [-0.1, -0.05) is 24.3 Å². The van der Waals surface area contributed by atoms with E-state index in [-0.39, 0.29) is 10.8 Å². The Morgan fingerprint density at radius 2 is 1.59 bits per heavy atom. The first kappa shape index (κ1) is 22.8. The van der Waals surface area contributed by atoms with Gasteiger partial charge in [-0.05, 0) is 71.8 Å². The number of sulfonamides is 1. The van der Waals surface area contributed by atoms with Crippen LogP contribution < -0.4 is 14.8 Å². The van der Waals surface area contributed by atoms with Crippen LogP contribution >= 0.6 is 0 Å². The topological polar surface area (TPSA) is 113 Å². The van der Waals surface area contributed by atoms with Crippen LogP contribution in [0.2, 0.25) is 0 Å². The molecule has 0 radical (unpaired) electrons. The van der Waals surface area contributed by atoms with E-state index in [2.05, 4.69) is 20.2 Å². The number of carbonyl (C=O) groups excluding carboxylic acids is 1. The van der Waals surface area contributed by atoms with Crippen molar-refractivity contribution >= 4 is 33.4 Å². The average molecular weight is 475 g/mol. The van der Waals surface area contributed by atoms with E-state index < -0.39 is 10.0 Å². The Bertz CT molecular complexity index is 1380. The van der Waals surface area contributed by atoms with Gasteiger partial charge in [-0.25, -0.2) is 8.42 Å². The number of aromatic amines is 1. The maximum atomic E-state index is 12.6. The number of rotatable bonds is 8. The zero-order valence-corrected chi connectivity index (χ0v) is 19.0. The van der Waals surface area contributed by atoms with Crippen LogP contribution in [-0.2, 0) is 14.8 Å². The summed E-state index contributed by atoms with van der Waals surface area (Å²) in [5.41, 5.74) is 3.63. The van der Waals surface area contributed by atoms with Gasteiger partial charge in [-0.2, -0.15) is 5.10 Å². The van der Waals surface area contributed by atoms with Crippen LogP contribution in [0.1, 0.15) is 5.56 Å². The van der Waals surface area contributed by atoms with Crippen molar-refractivity contribution in [2.45, 2.75) is 4.90 Å². The number of nitrogens with zero attached hydrogens (tertiary/aromatic N) is 1. The number of carbonyl (C=O) groups is 1. The number of hydrogen-bond acceptors (Lipinski definition) is 5. The molecule has 0 saturated heterocycles. The Hall–Kier alpha value is -4.37. The number of aromatic nitrogens is 2. The summed E-state index contributed by atoms with van der Waals surface area (Å²) in [6, 6.07) is 22.0. The normalized spacial score (nSPS) is 11.3. The smallest absolute Gasteiger partial charge is 0.261 e. The lowest BCUT2D eigenvalue weighted by Gasteiger charge is -2.09. The van der Waals surface area contributed by atoms with Crippen LogP contribution in [0, 0.1) is 0 Å². The van der Waals surface area contributed by atoms with Crippen LogP contribution in [0.15, 0.2) is 96.0 Å². The Morgan fingerprint density at radius 3 is 2.21 bits per heavy atom. The minimum Gasteiger partial charge on any atom is -0.497 e. The van der Waals surface area contributed by atoms with E-state index in [0.717, 1.165) is 11.3 Å². The number of amides is 1. The van der Waals surface area contributed by atoms with Crippen molar-refractivity contribution in [3.63, 3.8) is 0 Å². The SMILES string of the molecule is COc1ccc(NS(=O)(=O)c2ccc(/C=C/C(=O)Nc3ccc(-c4ccn[nH]4)cc3)cc2)cc1. The molecule has 0 bridgehead atoms. The highest BCUT2D eigenvalue weighted by Gasteiger charge is 2.14. The van der Waals surface area contributed by atoms with Crippen LogP contribution in [0.4, 0.5) is 11.4 Å². The van der Waals surface area contributed by atoms with E-state index in [0.29, 0.717) is 22.7 Å². The lowest BCUT2D eigenvalue weighted by molar-refractivity contribution is -0.111. The van der Waals surface area contributed by atoms with E-state index in [9.17, 15) is 13.2 Å². The van der Waals surface area contributed by atoms with Crippen molar-refractivity contribution in [3.05, 3.63) is 96.7 Å². The summed E-state index contributed by atoms with van der Waals surface area (Å²) in [6.07, 6.45) is 4.68. The summed E-state index contributed by atoms with van der Waals surface area (Å²) in [6.45, 7) is 0. The minimum absolute atomic E-state index is 0.113. The minimum atomic E-state index is -3.74. The third-order valence-electron chi connectivity index (χ3n) is 4.92. The molecule has 0 atom stereocenters. The van der Waals surface area contributed by atoms with Gasteiger partial charge in [0.1, 0.15) is 5.75 Å². The summed E-state index contributed by atoms with van der Waals surface area (Å²) in [5.74, 6) is 0.335. The molecule has 9 heteroatoms. The maximum absolute atomic E-state index is 12.6. The second-order valence-corrected chi connectivity index (χ2v) is 8.96. The van der Waals surface area contributed by atoms with Gasteiger partial charge >= 0.3 is 0 Å². The predicted octanol–water partition coefficient (Wildman–Crippen LogP) is 4.54.